The summed E-state index contributed by atoms with van der Waals surface area (Å²) >= 11 is 0. The zero-order valence-corrected chi connectivity index (χ0v) is 37.4. The smallest absolute Gasteiger partial charge is 0.305 e. The number of hydrogen-bond acceptors (Lipinski definition) is 7. The number of hydrogen-bond donors (Lipinski definition) is 1. The van der Waals surface area contributed by atoms with Crippen LogP contribution in [0.15, 0.2) is 84.9 Å². The number of benzene rings is 3. The summed E-state index contributed by atoms with van der Waals surface area (Å²) < 4.78 is 39.5. The molecule has 1 heterocycles. The van der Waals surface area contributed by atoms with Gasteiger partial charge in [0.25, 0.3) is 8.32 Å². The van der Waals surface area contributed by atoms with Crippen molar-refractivity contribution in [2.24, 2.45) is 0 Å². The van der Waals surface area contributed by atoms with E-state index in [0.717, 1.165) is 24.2 Å². The molecule has 1 aliphatic heterocycles. The summed E-state index contributed by atoms with van der Waals surface area (Å²) in [6.45, 7) is 20.8. The van der Waals surface area contributed by atoms with E-state index in [9.17, 15) is 9.90 Å². The highest BCUT2D eigenvalue weighted by atomic mass is 28.4. The third-order valence-corrected chi connectivity index (χ3v) is 16.9. The molecule has 1 N–H and O–H groups in total. The molecule has 0 amide bonds. The molecule has 3 aromatic carbocycles. The Morgan fingerprint density at radius 1 is 0.796 bits per heavy atom. The van der Waals surface area contributed by atoms with Gasteiger partial charge in [-0.05, 0) is 104 Å². The summed E-state index contributed by atoms with van der Waals surface area (Å²) in [4.78, 5) is 11.9. The van der Waals surface area contributed by atoms with E-state index in [2.05, 4.69) is 121 Å². The van der Waals surface area contributed by atoms with Crippen LogP contribution in [0.2, 0.25) is 44.3 Å². The summed E-state index contributed by atoms with van der Waals surface area (Å²) in [5.74, 6) is -0.0446. The first-order valence-corrected chi connectivity index (χ1v) is 28.3. The topological polar surface area (TPSA) is 92.7 Å². The van der Waals surface area contributed by atoms with Gasteiger partial charge >= 0.3 is 5.97 Å². The molecule has 0 spiro atoms. The lowest BCUT2D eigenvalue weighted by Crippen LogP contribution is -2.66. The van der Waals surface area contributed by atoms with Crippen LogP contribution in [0, 0.1) is 0 Å². The van der Waals surface area contributed by atoms with E-state index in [-0.39, 0.29) is 35.9 Å². The van der Waals surface area contributed by atoms with E-state index >= 15 is 0 Å². The molecule has 298 valence electrons. The maximum Gasteiger partial charge on any atom is 0.305 e. The molecular weight excluding hydrogens is 729 g/mol. The SMILES string of the molecule is COc1ccc(CO[C@@H](CCO[Si](c2ccccc2)(c2ccccc2)C(C)(C)C)C[C@@H]2C[C@H](O[Si](C)(C)C)C[C@H](CC(CC(=O)O)O[Si](C)(C)C)O2)cc1. The van der Waals surface area contributed by atoms with Crippen molar-refractivity contribution in [1.82, 2.24) is 0 Å². The summed E-state index contributed by atoms with van der Waals surface area (Å²) in [5, 5.41) is 12.1. The van der Waals surface area contributed by atoms with Crippen molar-refractivity contribution in [1.29, 1.82) is 0 Å². The molecule has 5 atom stereocenters. The molecule has 1 fully saturated rings. The van der Waals surface area contributed by atoms with E-state index in [4.69, 9.17) is 27.5 Å². The van der Waals surface area contributed by atoms with Crippen LogP contribution in [0.25, 0.3) is 0 Å². The first kappa shape index (κ1) is 44.1. The second kappa shape index (κ2) is 19.5. The van der Waals surface area contributed by atoms with Gasteiger partial charge in [0.05, 0.1) is 44.6 Å². The molecule has 0 radical (unpaired) electrons. The fourth-order valence-corrected chi connectivity index (χ4v) is 14.7. The highest BCUT2D eigenvalue weighted by Gasteiger charge is 2.50. The Bertz CT molecular complexity index is 1510. The van der Waals surface area contributed by atoms with Gasteiger partial charge in [-0.1, -0.05) is 93.6 Å². The van der Waals surface area contributed by atoms with Gasteiger partial charge in [-0.15, -0.1) is 0 Å². The molecule has 54 heavy (non-hydrogen) atoms. The molecule has 0 aromatic heterocycles. The number of carbonyl (C=O) groups is 1. The van der Waals surface area contributed by atoms with Crippen molar-refractivity contribution in [2.45, 2.75) is 141 Å². The molecule has 3 aromatic rings. The van der Waals surface area contributed by atoms with Crippen molar-refractivity contribution < 1.29 is 37.4 Å². The van der Waals surface area contributed by atoms with Crippen LogP contribution < -0.4 is 15.1 Å². The van der Waals surface area contributed by atoms with Crippen molar-refractivity contribution in [2.75, 3.05) is 13.7 Å². The summed E-state index contributed by atoms with van der Waals surface area (Å²) in [6.07, 6.45) is 2.46. The van der Waals surface area contributed by atoms with Crippen molar-refractivity contribution in [3.05, 3.63) is 90.5 Å². The highest BCUT2D eigenvalue weighted by Crippen LogP contribution is 2.37. The predicted molar refractivity (Wildman–Crippen MR) is 226 cm³/mol. The molecule has 4 rings (SSSR count). The predicted octanol–water partition coefficient (Wildman–Crippen LogP) is 8.79. The van der Waals surface area contributed by atoms with Crippen LogP contribution >= 0.6 is 0 Å². The van der Waals surface area contributed by atoms with Gasteiger partial charge < -0.3 is 32.6 Å². The molecule has 0 bridgehead atoms. The average Bonchev–Trinajstić information content (AvgIpc) is 3.07. The van der Waals surface area contributed by atoms with Crippen LogP contribution in [0.3, 0.4) is 0 Å². The lowest BCUT2D eigenvalue weighted by molar-refractivity contribution is -0.141. The van der Waals surface area contributed by atoms with Crippen LogP contribution in [0.4, 0.5) is 0 Å². The van der Waals surface area contributed by atoms with Gasteiger partial charge in [-0.3, -0.25) is 4.79 Å². The number of carboxylic acid groups (broad SMARTS) is 1. The molecule has 0 aliphatic carbocycles. The molecule has 1 unspecified atom stereocenters. The third-order valence-electron chi connectivity index (χ3n) is 9.75. The average molecular weight is 795 g/mol. The number of rotatable bonds is 20. The van der Waals surface area contributed by atoms with E-state index in [1.807, 2.05) is 24.3 Å². The normalized spacial score (nSPS) is 19.6. The molecule has 1 saturated heterocycles. The fraction of sp³-hybridized carbons (Fsp3) is 0.558. The van der Waals surface area contributed by atoms with E-state index in [0.29, 0.717) is 32.5 Å². The quantitative estimate of drug-likeness (QED) is 0.114. The highest BCUT2D eigenvalue weighted by molar-refractivity contribution is 6.99. The van der Waals surface area contributed by atoms with Gasteiger partial charge in [0.15, 0.2) is 16.6 Å². The van der Waals surface area contributed by atoms with Crippen LogP contribution in [-0.4, -0.2) is 80.3 Å². The maximum absolute atomic E-state index is 11.9. The zero-order valence-electron chi connectivity index (χ0n) is 34.4. The van der Waals surface area contributed by atoms with Gasteiger partial charge in [-0.2, -0.15) is 0 Å². The maximum atomic E-state index is 11.9. The summed E-state index contributed by atoms with van der Waals surface area (Å²) in [5.41, 5.74) is 1.07. The molecule has 11 heteroatoms. The van der Waals surface area contributed by atoms with Gasteiger partial charge in [0.2, 0.25) is 0 Å². The van der Waals surface area contributed by atoms with Crippen molar-refractivity contribution in [3.8, 4) is 5.75 Å². The van der Waals surface area contributed by atoms with Crippen LogP contribution in [-0.2, 0) is 34.2 Å². The van der Waals surface area contributed by atoms with Crippen molar-refractivity contribution >= 4 is 41.3 Å². The number of carboxylic acids is 1. The van der Waals surface area contributed by atoms with Gasteiger partial charge in [0.1, 0.15) is 5.75 Å². The summed E-state index contributed by atoms with van der Waals surface area (Å²) in [6, 6.07) is 29.5. The Morgan fingerprint density at radius 2 is 1.33 bits per heavy atom. The lowest BCUT2D eigenvalue weighted by Gasteiger charge is -2.43. The monoisotopic (exact) mass is 794 g/mol. The second-order valence-electron chi connectivity index (χ2n) is 17.7. The molecule has 0 saturated carbocycles. The number of methoxy groups -OCH3 is 1. The van der Waals surface area contributed by atoms with E-state index in [1.54, 1.807) is 7.11 Å². The Morgan fingerprint density at radius 3 is 1.80 bits per heavy atom. The lowest BCUT2D eigenvalue weighted by atomic mass is 9.93. The number of ether oxygens (including phenoxy) is 3. The first-order valence-electron chi connectivity index (χ1n) is 19.6. The minimum absolute atomic E-state index is 0.0216. The largest absolute Gasteiger partial charge is 0.497 e. The number of aliphatic carboxylic acids is 1. The van der Waals surface area contributed by atoms with E-state index in [1.165, 1.54) is 10.4 Å². The Kier molecular flexibility index (Phi) is 15.9. The Hall–Kier alpha value is -2.62. The van der Waals surface area contributed by atoms with Crippen LogP contribution in [0.1, 0.15) is 64.9 Å². The minimum atomic E-state index is -2.74. The summed E-state index contributed by atoms with van der Waals surface area (Å²) in [7, 11) is -4.93. The molecule has 8 nitrogen and oxygen atoms in total. The van der Waals surface area contributed by atoms with Gasteiger partial charge in [0, 0.05) is 12.7 Å². The van der Waals surface area contributed by atoms with Gasteiger partial charge in [-0.25, -0.2) is 0 Å². The molecular formula is C43H66O8Si3. The fourth-order valence-electron chi connectivity index (χ4n) is 7.73. The first-order chi connectivity index (χ1) is 25.4. The standard InChI is InChI=1S/C43H66O8Si3/c1-43(2,3)54(40-17-13-11-14-18-40,41-19-15-12-16-20-41)48-26-25-35(47-32-33-21-23-34(46-4)24-22-33)27-36-28-38(50-52(5,6)7)29-37(49-36)30-39(31-42(44)45)51-53(8,9)10/h11-24,35-39H,25-32H2,1-10H3,(H,44,45)/t35-,36+,37+,38-,39?/m0/s1. The van der Waals surface area contributed by atoms with Crippen molar-refractivity contribution in [3.63, 3.8) is 0 Å². The molecule has 1 aliphatic rings. The van der Waals surface area contributed by atoms with E-state index < -0.39 is 37.0 Å². The minimum Gasteiger partial charge on any atom is -0.497 e. The Labute approximate surface area is 328 Å². The van der Waals surface area contributed by atoms with Crippen LogP contribution in [0.5, 0.6) is 5.75 Å². The second-order valence-corrected chi connectivity index (χ2v) is 30.9. The third kappa shape index (κ3) is 13.5. The zero-order chi connectivity index (χ0) is 39.6. The Balaban J connectivity index is 1.61.